The number of nitrogens with zero attached hydrogens (tertiary/aromatic N) is 2. The molecule has 1 atom stereocenters. The molecule has 1 aromatic carbocycles. The van der Waals surface area contributed by atoms with E-state index in [0.29, 0.717) is 18.9 Å². The molecule has 1 amide bonds. The van der Waals surface area contributed by atoms with Gasteiger partial charge >= 0.3 is 5.97 Å². The van der Waals surface area contributed by atoms with Gasteiger partial charge in [-0.05, 0) is 44.2 Å². The zero-order valence-corrected chi connectivity index (χ0v) is 14.1. The van der Waals surface area contributed by atoms with Gasteiger partial charge in [0.2, 0.25) is 0 Å². The van der Waals surface area contributed by atoms with Gasteiger partial charge in [0.15, 0.2) is 0 Å². The molecule has 24 heavy (non-hydrogen) atoms. The highest BCUT2D eigenvalue weighted by molar-refractivity contribution is 5.98. The van der Waals surface area contributed by atoms with E-state index >= 15 is 0 Å². The fraction of sp³-hybridized carbons (Fsp3) is 0.474. The van der Waals surface area contributed by atoms with Crippen LogP contribution in [0, 0.1) is 5.92 Å². The van der Waals surface area contributed by atoms with E-state index in [4.69, 9.17) is 5.11 Å². The van der Waals surface area contributed by atoms with E-state index < -0.39 is 5.97 Å². The molecular formula is C19H24N2O3. The van der Waals surface area contributed by atoms with Gasteiger partial charge in [0.1, 0.15) is 5.69 Å². The predicted molar refractivity (Wildman–Crippen MR) is 93.1 cm³/mol. The molecule has 0 unspecified atom stereocenters. The van der Waals surface area contributed by atoms with Crippen LogP contribution < -0.4 is 0 Å². The number of carboxylic acids is 1. The lowest BCUT2D eigenvalue weighted by Gasteiger charge is -2.32. The third kappa shape index (κ3) is 3.30. The van der Waals surface area contributed by atoms with E-state index in [1.165, 1.54) is 0 Å². The number of carbonyl (C=O) groups excluding carboxylic acids is 1. The van der Waals surface area contributed by atoms with E-state index in [1.54, 1.807) is 0 Å². The van der Waals surface area contributed by atoms with Crippen LogP contribution in [-0.2, 0) is 11.3 Å². The predicted octanol–water partition coefficient (Wildman–Crippen LogP) is 3.38. The van der Waals surface area contributed by atoms with E-state index in [-0.39, 0.29) is 12.3 Å². The molecule has 5 nitrogen and oxygen atoms in total. The number of benzene rings is 1. The summed E-state index contributed by atoms with van der Waals surface area (Å²) >= 11 is 0. The van der Waals surface area contributed by atoms with E-state index in [1.807, 2.05) is 35.2 Å². The monoisotopic (exact) mass is 328 g/mol. The number of hydrogen-bond acceptors (Lipinski definition) is 2. The van der Waals surface area contributed by atoms with Gasteiger partial charge in [-0.2, -0.15) is 0 Å². The van der Waals surface area contributed by atoms with E-state index in [9.17, 15) is 9.59 Å². The largest absolute Gasteiger partial charge is 0.481 e. The average molecular weight is 328 g/mol. The molecule has 1 aliphatic rings. The molecule has 2 heterocycles. The van der Waals surface area contributed by atoms with Crippen LogP contribution in [0.25, 0.3) is 10.9 Å². The molecule has 1 N–H and O–H groups in total. The Morgan fingerprint density at radius 3 is 2.83 bits per heavy atom. The van der Waals surface area contributed by atoms with Crippen LogP contribution in [0.3, 0.4) is 0 Å². The number of fused-ring (bicyclic) bond motifs is 1. The SMILES string of the molecule is CCn1c(C(=O)N2CCC[C@H](CCC(=O)O)C2)cc2ccccc21. The van der Waals surface area contributed by atoms with E-state index in [0.717, 1.165) is 42.5 Å². The minimum Gasteiger partial charge on any atom is -0.481 e. The maximum atomic E-state index is 13.0. The summed E-state index contributed by atoms with van der Waals surface area (Å²) in [6.45, 7) is 4.23. The summed E-state index contributed by atoms with van der Waals surface area (Å²) in [6.07, 6.45) is 2.79. The molecule has 3 rings (SSSR count). The van der Waals surface area contributed by atoms with Gasteiger partial charge in [-0.25, -0.2) is 0 Å². The molecule has 0 aliphatic carbocycles. The first-order chi connectivity index (χ1) is 11.6. The molecule has 0 bridgehead atoms. The molecule has 0 saturated carbocycles. The number of carbonyl (C=O) groups is 2. The minimum absolute atomic E-state index is 0.0630. The summed E-state index contributed by atoms with van der Waals surface area (Å²) in [6, 6.07) is 10.0. The fourth-order valence-electron chi connectivity index (χ4n) is 3.70. The first-order valence-corrected chi connectivity index (χ1v) is 8.69. The van der Waals surface area contributed by atoms with Crippen molar-refractivity contribution in [3.8, 4) is 0 Å². The topological polar surface area (TPSA) is 62.5 Å². The van der Waals surface area contributed by atoms with Crippen molar-refractivity contribution in [3.63, 3.8) is 0 Å². The van der Waals surface area contributed by atoms with Crippen LogP contribution in [0.1, 0.15) is 43.1 Å². The van der Waals surface area contributed by atoms with Gasteiger partial charge in [-0.1, -0.05) is 18.2 Å². The van der Waals surface area contributed by atoms with Crippen molar-refractivity contribution >= 4 is 22.8 Å². The van der Waals surface area contributed by atoms with Crippen LogP contribution in [0.2, 0.25) is 0 Å². The maximum absolute atomic E-state index is 13.0. The average Bonchev–Trinajstić information content (AvgIpc) is 2.98. The van der Waals surface area contributed by atoms with Gasteiger partial charge < -0.3 is 14.6 Å². The van der Waals surface area contributed by atoms with Crippen molar-refractivity contribution in [3.05, 3.63) is 36.0 Å². The zero-order valence-electron chi connectivity index (χ0n) is 14.1. The number of aliphatic carboxylic acids is 1. The first-order valence-electron chi connectivity index (χ1n) is 8.69. The van der Waals surface area contributed by atoms with Crippen molar-refractivity contribution in [2.45, 2.75) is 39.2 Å². The van der Waals surface area contributed by atoms with Gasteiger partial charge in [0.05, 0.1) is 0 Å². The molecule has 1 aliphatic heterocycles. The van der Waals surface area contributed by atoms with Gasteiger partial charge in [0, 0.05) is 37.0 Å². The fourth-order valence-corrected chi connectivity index (χ4v) is 3.70. The molecule has 1 aromatic heterocycles. The minimum atomic E-state index is -0.760. The van der Waals surface area contributed by atoms with Crippen molar-refractivity contribution in [1.29, 1.82) is 0 Å². The summed E-state index contributed by atoms with van der Waals surface area (Å²) in [5.41, 5.74) is 1.82. The highest BCUT2D eigenvalue weighted by Crippen LogP contribution is 2.25. The third-order valence-electron chi connectivity index (χ3n) is 4.92. The number of aryl methyl sites for hydroxylation is 1. The molecule has 1 fully saturated rings. The second-order valence-electron chi connectivity index (χ2n) is 6.52. The lowest BCUT2D eigenvalue weighted by atomic mass is 9.93. The Labute approximate surface area is 141 Å². The number of amides is 1. The normalized spacial score (nSPS) is 18.0. The number of likely N-dealkylation sites (tertiary alicyclic amines) is 1. The standard InChI is InChI=1S/C19H24N2O3/c1-2-21-16-8-4-3-7-15(16)12-17(21)19(24)20-11-5-6-14(13-20)9-10-18(22)23/h3-4,7-8,12,14H,2,5-6,9-11,13H2,1H3,(H,22,23)/t14-/m1/s1. The Morgan fingerprint density at radius 2 is 2.08 bits per heavy atom. The number of piperidine rings is 1. The van der Waals surface area contributed by atoms with Crippen molar-refractivity contribution < 1.29 is 14.7 Å². The second kappa shape index (κ2) is 7.07. The Kier molecular flexibility index (Phi) is 4.88. The smallest absolute Gasteiger partial charge is 0.303 e. The molecule has 0 spiro atoms. The number of hydrogen-bond donors (Lipinski definition) is 1. The Morgan fingerprint density at radius 1 is 1.29 bits per heavy atom. The summed E-state index contributed by atoms with van der Waals surface area (Å²) < 4.78 is 2.07. The van der Waals surface area contributed by atoms with Crippen LogP contribution in [0.4, 0.5) is 0 Å². The number of aromatic nitrogens is 1. The number of para-hydroxylation sites is 1. The zero-order chi connectivity index (χ0) is 17.1. The number of rotatable bonds is 5. The number of carboxylic acid groups (broad SMARTS) is 1. The van der Waals surface area contributed by atoms with Crippen LogP contribution >= 0.6 is 0 Å². The second-order valence-corrected chi connectivity index (χ2v) is 6.52. The van der Waals surface area contributed by atoms with Crippen molar-refractivity contribution in [2.75, 3.05) is 13.1 Å². The lowest BCUT2D eigenvalue weighted by molar-refractivity contribution is -0.137. The van der Waals surface area contributed by atoms with Gasteiger partial charge in [-0.3, -0.25) is 9.59 Å². The molecule has 128 valence electrons. The summed E-state index contributed by atoms with van der Waals surface area (Å²) in [5, 5.41) is 9.95. The van der Waals surface area contributed by atoms with Gasteiger partial charge in [0.25, 0.3) is 5.91 Å². The third-order valence-corrected chi connectivity index (χ3v) is 4.92. The Bertz CT molecular complexity index is 750. The Hall–Kier alpha value is -2.30. The van der Waals surface area contributed by atoms with Crippen molar-refractivity contribution in [2.24, 2.45) is 5.92 Å². The molecular weight excluding hydrogens is 304 g/mol. The summed E-state index contributed by atoms with van der Waals surface area (Å²) in [5.74, 6) is -0.407. The van der Waals surface area contributed by atoms with Crippen LogP contribution in [0.5, 0.6) is 0 Å². The van der Waals surface area contributed by atoms with Crippen LogP contribution in [0.15, 0.2) is 30.3 Å². The maximum Gasteiger partial charge on any atom is 0.303 e. The molecule has 5 heteroatoms. The van der Waals surface area contributed by atoms with Gasteiger partial charge in [-0.15, -0.1) is 0 Å². The highest BCUT2D eigenvalue weighted by Gasteiger charge is 2.27. The van der Waals surface area contributed by atoms with Crippen molar-refractivity contribution in [1.82, 2.24) is 9.47 Å². The molecule has 2 aromatic rings. The first kappa shape index (κ1) is 16.6. The quantitative estimate of drug-likeness (QED) is 0.915. The van der Waals surface area contributed by atoms with E-state index in [2.05, 4.69) is 11.5 Å². The summed E-state index contributed by atoms with van der Waals surface area (Å²) in [7, 11) is 0. The highest BCUT2D eigenvalue weighted by atomic mass is 16.4. The van der Waals surface area contributed by atoms with Crippen LogP contribution in [-0.4, -0.2) is 39.5 Å². The Balaban J connectivity index is 1.79. The summed E-state index contributed by atoms with van der Waals surface area (Å²) in [4.78, 5) is 25.7. The molecule has 1 saturated heterocycles. The lowest BCUT2D eigenvalue weighted by Crippen LogP contribution is -2.40. The molecule has 0 radical (unpaired) electrons.